The Hall–Kier alpha value is -1.89. The van der Waals surface area contributed by atoms with Crippen LogP contribution < -0.4 is 5.32 Å². The fraction of sp³-hybridized carbons (Fsp3) is 0.562. The molecule has 0 radical (unpaired) electrons. The molecule has 1 aromatic heterocycles. The molecule has 1 aromatic rings. The van der Waals surface area contributed by atoms with Crippen molar-refractivity contribution in [3.05, 3.63) is 21.9 Å². The number of nitrogens with one attached hydrogen (secondary N) is 1. The molecule has 0 spiro atoms. The second-order valence-corrected chi connectivity index (χ2v) is 6.79. The summed E-state index contributed by atoms with van der Waals surface area (Å²) in [4.78, 5) is 39.1. The molecule has 0 bridgehead atoms. The minimum atomic E-state index is -0.224. The lowest BCUT2D eigenvalue weighted by atomic mass is 9.97. The Bertz CT molecular complexity index is 576. The fourth-order valence-corrected chi connectivity index (χ4v) is 3.32. The van der Waals surface area contributed by atoms with Gasteiger partial charge >= 0.3 is 5.97 Å². The number of esters is 1. The highest BCUT2D eigenvalue weighted by atomic mass is 32.1. The third kappa shape index (κ3) is 4.79. The van der Waals surface area contributed by atoms with Crippen molar-refractivity contribution in [2.75, 3.05) is 26.2 Å². The monoisotopic (exact) mass is 338 g/mol. The van der Waals surface area contributed by atoms with Crippen LogP contribution in [-0.4, -0.2) is 48.9 Å². The molecule has 0 aliphatic carbocycles. The van der Waals surface area contributed by atoms with Crippen LogP contribution in [0.4, 0.5) is 0 Å². The second-order valence-electron chi connectivity index (χ2n) is 5.50. The lowest BCUT2D eigenvalue weighted by Gasteiger charge is -2.30. The molecule has 0 atom stereocenters. The van der Waals surface area contributed by atoms with Crippen molar-refractivity contribution in [3.8, 4) is 0 Å². The first-order valence-electron chi connectivity index (χ1n) is 7.80. The molecule has 0 saturated carbocycles. The maximum absolute atomic E-state index is 12.1. The van der Waals surface area contributed by atoms with E-state index in [9.17, 15) is 14.4 Å². The largest absolute Gasteiger partial charge is 0.466 e. The first-order valence-corrected chi connectivity index (χ1v) is 8.62. The Morgan fingerprint density at radius 3 is 2.57 bits per heavy atom. The van der Waals surface area contributed by atoms with E-state index in [0.717, 1.165) is 4.88 Å². The molecule has 1 aliphatic rings. The minimum absolute atomic E-state index is 0.0140. The van der Waals surface area contributed by atoms with Crippen LogP contribution in [0.25, 0.3) is 0 Å². The first-order chi connectivity index (χ1) is 11.0. The zero-order chi connectivity index (χ0) is 16.8. The summed E-state index contributed by atoms with van der Waals surface area (Å²) < 4.78 is 5.01. The van der Waals surface area contributed by atoms with E-state index >= 15 is 0 Å². The van der Waals surface area contributed by atoms with Gasteiger partial charge in [-0.2, -0.15) is 0 Å². The number of nitrogens with zero attached hydrogens (tertiary/aromatic N) is 1. The number of piperidine rings is 1. The van der Waals surface area contributed by atoms with Gasteiger partial charge in [-0.1, -0.05) is 0 Å². The van der Waals surface area contributed by atoms with Gasteiger partial charge in [0.1, 0.15) is 0 Å². The van der Waals surface area contributed by atoms with Crippen molar-refractivity contribution in [3.63, 3.8) is 0 Å². The molecule has 0 unspecified atom stereocenters. The normalized spacial score (nSPS) is 15.3. The number of likely N-dealkylation sites (tertiary alicyclic amines) is 1. The summed E-state index contributed by atoms with van der Waals surface area (Å²) in [5.74, 6) is -0.643. The van der Waals surface area contributed by atoms with Crippen LogP contribution in [0.2, 0.25) is 0 Å². The number of amides is 2. The predicted molar refractivity (Wildman–Crippen MR) is 87.3 cm³/mol. The molecule has 23 heavy (non-hydrogen) atoms. The van der Waals surface area contributed by atoms with Gasteiger partial charge in [0, 0.05) is 18.0 Å². The summed E-state index contributed by atoms with van der Waals surface area (Å²) in [7, 11) is 0. The van der Waals surface area contributed by atoms with Gasteiger partial charge in [0.2, 0.25) is 5.91 Å². The minimum Gasteiger partial charge on any atom is -0.466 e. The van der Waals surface area contributed by atoms with Gasteiger partial charge in [0.25, 0.3) is 5.91 Å². The number of thiophene rings is 1. The standard InChI is InChI=1S/C16H22N2O4S/c1-3-22-16(21)12-6-8-18(9-7-12)14(19)10-17-15(20)13-5-4-11(2)23-13/h4-5,12H,3,6-10H2,1-2H3,(H,17,20). The molecular weight excluding hydrogens is 316 g/mol. The lowest BCUT2D eigenvalue weighted by molar-refractivity contribution is -0.151. The molecule has 126 valence electrons. The molecule has 0 aromatic carbocycles. The number of hydrogen-bond acceptors (Lipinski definition) is 5. The van der Waals surface area contributed by atoms with Crippen molar-refractivity contribution in [1.29, 1.82) is 0 Å². The zero-order valence-corrected chi connectivity index (χ0v) is 14.3. The van der Waals surface area contributed by atoms with Crippen molar-refractivity contribution >= 4 is 29.1 Å². The van der Waals surface area contributed by atoms with Crippen molar-refractivity contribution in [2.45, 2.75) is 26.7 Å². The molecule has 7 heteroatoms. The van der Waals surface area contributed by atoms with Crippen LogP contribution in [0, 0.1) is 12.8 Å². The number of carbonyl (C=O) groups is 3. The number of aryl methyl sites for hydroxylation is 1. The number of rotatable bonds is 5. The topological polar surface area (TPSA) is 75.7 Å². The van der Waals surface area contributed by atoms with E-state index in [4.69, 9.17) is 4.74 Å². The average molecular weight is 338 g/mol. The maximum Gasteiger partial charge on any atom is 0.309 e. The highest BCUT2D eigenvalue weighted by molar-refractivity contribution is 7.13. The maximum atomic E-state index is 12.1. The Morgan fingerprint density at radius 2 is 2.00 bits per heavy atom. The predicted octanol–water partition coefficient (Wildman–Crippen LogP) is 1.59. The molecular formula is C16H22N2O4S. The fourth-order valence-electron chi connectivity index (χ4n) is 2.54. The molecule has 1 aliphatic heterocycles. The van der Waals surface area contributed by atoms with Crippen molar-refractivity contribution in [2.24, 2.45) is 5.92 Å². The summed E-state index contributed by atoms with van der Waals surface area (Å²) in [6, 6.07) is 3.63. The Labute approximate surface area is 139 Å². The van der Waals surface area contributed by atoms with Crippen LogP contribution in [0.1, 0.15) is 34.3 Å². The van der Waals surface area contributed by atoms with E-state index < -0.39 is 0 Å². The van der Waals surface area contributed by atoms with Crippen LogP contribution in [0.15, 0.2) is 12.1 Å². The average Bonchev–Trinajstić information content (AvgIpc) is 2.99. The van der Waals surface area contributed by atoms with Gasteiger partial charge in [-0.3, -0.25) is 14.4 Å². The number of ether oxygens (including phenoxy) is 1. The van der Waals surface area contributed by atoms with E-state index in [1.54, 1.807) is 17.9 Å². The Morgan fingerprint density at radius 1 is 1.30 bits per heavy atom. The quantitative estimate of drug-likeness (QED) is 0.827. The summed E-state index contributed by atoms with van der Waals surface area (Å²) in [5.41, 5.74) is 0. The molecule has 1 fully saturated rings. The van der Waals surface area contributed by atoms with Gasteiger partial charge in [-0.25, -0.2) is 0 Å². The Kier molecular flexibility index (Phi) is 6.15. The molecule has 2 rings (SSSR count). The summed E-state index contributed by atoms with van der Waals surface area (Å²) in [6.07, 6.45) is 1.23. The van der Waals surface area contributed by atoms with Gasteiger partial charge in [0.15, 0.2) is 0 Å². The van der Waals surface area contributed by atoms with Gasteiger partial charge in [0.05, 0.1) is 23.9 Å². The van der Waals surface area contributed by atoms with E-state index in [-0.39, 0.29) is 30.2 Å². The molecule has 1 N–H and O–H groups in total. The highest BCUT2D eigenvalue weighted by Gasteiger charge is 2.28. The van der Waals surface area contributed by atoms with E-state index in [2.05, 4.69) is 5.32 Å². The smallest absolute Gasteiger partial charge is 0.309 e. The zero-order valence-electron chi connectivity index (χ0n) is 13.5. The van der Waals surface area contributed by atoms with Crippen molar-refractivity contribution < 1.29 is 19.1 Å². The third-order valence-electron chi connectivity index (χ3n) is 3.83. The number of carbonyl (C=O) groups excluding carboxylic acids is 3. The van der Waals surface area contributed by atoms with E-state index in [0.29, 0.717) is 37.4 Å². The van der Waals surface area contributed by atoms with Crippen LogP contribution in [-0.2, 0) is 14.3 Å². The molecule has 1 saturated heterocycles. The van der Waals surface area contributed by atoms with E-state index in [1.165, 1.54) is 11.3 Å². The van der Waals surface area contributed by atoms with Crippen molar-refractivity contribution in [1.82, 2.24) is 10.2 Å². The van der Waals surface area contributed by atoms with Gasteiger partial charge < -0.3 is 15.0 Å². The lowest BCUT2D eigenvalue weighted by Crippen LogP contribution is -2.45. The molecule has 2 amide bonds. The number of hydrogen-bond donors (Lipinski definition) is 1. The summed E-state index contributed by atoms with van der Waals surface area (Å²) in [5, 5.41) is 2.65. The first kappa shape index (κ1) is 17.5. The SMILES string of the molecule is CCOC(=O)C1CCN(C(=O)CNC(=O)c2ccc(C)s2)CC1. The van der Waals surface area contributed by atoms with Gasteiger partial charge in [-0.15, -0.1) is 11.3 Å². The molecule has 2 heterocycles. The highest BCUT2D eigenvalue weighted by Crippen LogP contribution is 2.19. The molecule has 6 nitrogen and oxygen atoms in total. The van der Waals surface area contributed by atoms with Gasteiger partial charge in [-0.05, 0) is 38.8 Å². The van der Waals surface area contributed by atoms with Crippen LogP contribution in [0.3, 0.4) is 0 Å². The van der Waals surface area contributed by atoms with Crippen LogP contribution in [0.5, 0.6) is 0 Å². The summed E-state index contributed by atoms with van der Waals surface area (Å²) >= 11 is 1.40. The Balaban J connectivity index is 1.75. The van der Waals surface area contributed by atoms with E-state index in [1.807, 2.05) is 13.0 Å². The second kappa shape index (κ2) is 8.10. The third-order valence-corrected chi connectivity index (χ3v) is 4.83. The van der Waals surface area contributed by atoms with Crippen LogP contribution >= 0.6 is 11.3 Å². The summed E-state index contributed by atoms with van der Waals surface area (Å²) in [6.45, 7) is 5.13.